The summed E-state index contributed by atoms with van der Waals surface area (Å²) in [5.74, 6) is 0.697. The van der Waals surface area contributed by atoms with Crippen molar-refractivity contribution in [3.05, 3.63) is 0 Å². The zero-order valence-corrected chi connectivity index (χ0v) is 14.0. The molecule has 0 radical (unpaired) electrons. The van der Waals surface area contributed by atoms with E-state index in [4.69, 9.17) is 9.47 Å². The topological polar surface area (TPSA) is 35.5 Å². The molecule has 1 aliphatic heterocycles. The van der Waals surface area contributed by atoms with Gasteiger partial charge in [-0.05, 0) is 30.6 Å². The van der Waals surface area contributed by atoms with Crippen molar-refractivity contribution in [1.82, 2.24) is 0 Å². The zero-order valence-electron chi connectivity index (χ0n) is 14.0. The Bertz CT molecular complexity index is 428. The molecule has 21 heavy (non-hydrogen) atoms. The Balaban J connectivity index is 1.61. The molecule has 0 aromatic carbocycles. The first-order chi connectivity index (χ1) is 9.77. The second-order valence-electron chi connectivity index (χ2n) is 8.43. The third kappa shape index (κ3) is 2.40. The van der Waals surface area contributed by atoms with Crippen LogP contribution >= 0.6 is 0 Å². The van der Waals surface area contributed by atoms with Crippen molar-refractivity contribution in [3.63, 3.8) is 0 Å². The maximum atomic E-state index is 12.4. The molecule has 1 saturated heterocycles. The van der Waals surface area contributed by atoms with Crippen molar-refractivity contribution in [1.29, 1.82) is 0 Å². The van der Waals surface area contributed by atoms with Crippen LogP contribution in [0.5, 0.6) is 0 Å². The smallest absolute Gasteiger partial charge is 0.362 e. The number of nitrogens with zero attached hydrogens (tertiary/aromatic N) is 1. The molecule has 0 unspecified atom stereocenters. The minimum absolute atomic E-state index is 0.0195. The van der Waals surface area contributed by atoms with Crippen LogP contribution in [-0.4, -0.2) is 56.5 Å². The Hall–Kier alpha value is -0.610. The fourth-order valence-electron chi connectivity index (χ4n) is 4.76. The molecule has 1 heterocycles. The number of quaternary nitrogens is 1. The zero-order chi connectivity index (χ0) is 15.3. The van der Waals surface area contributed by atoms with E-state index in [2.05, 4.69) is 27.8 Å². The van der Waals surface area contributed by atoms with Gasteiger partial charge < -0.3 is 14.0 Å². The minimum atomic E-state index is -0.0195. The highest BCUT2D eigenvalue weighted by atomic mass is 16.5. The van der Waals surface area contributed by atoms with Gasteiger partial charge in [-0.25, -0.2) is 4.79 Å². The third-order valence-corrected chi connectivity index (χ3v) is 7.05. The molecule has 2 bridgehead atoms. The standard InChI is InChI=1S/C17H30NO3/c1-16(2)13-5-6-17(16,3)14(11-13)21-15(19)12-18(4)7-9-20-10-8-18/h13-14H,5-12H2,1-4H3/q+1/t13-,14+,17+/m0/s1. The number of fused-ring (bicyclic) bond motifs is 2. The Morgan fingerprint density at radius 1 is 1.29 bits per heavy atom. The van der Waals surface area contributed by atoms with E-state index in [0.717, 1.165) is 37.2 Å². The number of hydrogen-bond acceptors (Lipinski definition) is 3. The lowest BCUT2D eigenvalue weighted by Gasteiger charge is -2.40. The van der Waals surface area contributed by atoms with Crippen LogP contribution in [-0.2, 0) is 14.3 Å². The monoisotopic (exact) mass is 296 g/mol. The van der Waals surface area contributed by atoms with Gasteiger partial charge in [0.15, 0.2) is 6.54 Å². The predicted octanol–water partition coefficient (Wildman–Crippen LogP) is 2.22. The number of carbonyl (C=O) groups excluding carboxylic acids is 1. The van der Waals surface area contributed by atoms with Gasteiger partial charge in [0.25, 0.3) is 0 Å². The van der Waals surface area contributed by atoms with Crippen molar-refractivity contribution in [2.45, 2.75) is 46.1 Å². The van der Waals surface area contributed by atoms with E-state index in [-0.39, 0.29) is 17.5 Å². The van der Waals surface area contributed by atoms with Crippen LogP contribution in [0.15, 0.2) is 0 Å². The maximum Gasteiger partial charge on any atom is 0.362 e. The second-order valence-corrected chi connectivity index (χ2v) is 8.43. The van der Waals surface area contributed by atoms with E-state index in [0.29, 0.717) is 17.9 Å². The summed E-state index contributed by atoms with van der Waals surface area (Å²) in [6.45, 7) is 10.8. The summed E-state index contributed by atoms with van der Waals surface area (Å²) in [5.41, 5.74) is 0.465. The molecule has 120 valence electrons. The molecule has 0 N–H and O–H groups in total. The van der Waals surface area contributed by atoms with Crippen LogP contribution < -0.4 is 0 Å². The fourth-order valence-corrected chi connectivity index (χ4v) is 4.76. The largest absolute Gasteiger partial charge is 0.458 e. The Kier molecular flexibility index (Phi) is 3.61. The van der Waals surface area contributed by atoms with Crippen molar-refractivity contribution < 1.29 is 18.8 Å². The lowest BCUT2D eigenvalue weighted by Crippen LogP contribution is -2.55. The Morgan fingerprint density at radius 2 is 1.95 bits per heavy atom. The molecule has 2 saturated carbocycles. The Labute approximate surface area is 128 Å². The molecular formula is C17H30NO3+. The molecule has 3 atom stereocenters. The second kappa shape index (κ2) is 4.95. The van der Waals surface area contributed by atoms with Gasteiger partial charge in [0.1, 0.15) is 19.2 Å². The average Bonchev–Trinajstić information content (AvgIpc) is 2.72. The third-order valence-electron chi connectivity index (χ3n) is 7.05. The van der Waals surface area contributed by atoms with Gasteiger partial charge in [-0.2, -0.15) is 0 Å². The number of rotatable bonds is 3. The van der Waals surface area contributed by atoms with Gasteiger partial charge in [-0.3, -0.25) is 0 Å². The summed E-state index contributed by atoms with van der Waals surface area (Å²) in [5, 5.41) is 0. The van der Waals surface area contributed by atoms with Crippen molar-refractivity contribution in [2.75, 3.05) is 39.9 Å². The van der Waals surface area contributed by atoms with E-state index >= 15 is 0 Å². The van der Waals surface area contributed by atoms with Gasteiger partial charge in [-0.1, -0.05) is 20.8 Å². The van der Waals surface area contributed by atoms with Gasteiger partial charge in [0.05, 0.1) is 20.3 Å². The number of esters is 1. The summed E-state index contributed by atoms with van der Waals surface area (Å²) in [4.78, 5) is 12.4. The molecule has 3 rings (SSSR count). The van der Waals surface area contributed by atoms with Crippen LogP contribution in [0.2, 0.25) is 0 Å². The first-order valence-electron chi connectivity index (χ1n) is 8.38. The van der Waals surface area contributed by atoms with Gasteiger partial charge in [0.2, 0.25) is 0 Å². The van der Waals surface area contributed by atoms with Crippen LogP contribution in [0.3, 0.4) is 0 Å². The summed E-state index contributed by atoms with van der Waals surface area (Å²) < 4.78 is 12.1. The van der Waals surface area contributed by atoms with E-state index in [1.807, 2.05) is 0 Å². The van der Waals surface area contributed by atoms with E-state index in [1.54, 1.807) is 0 Å². The maximum absolute atomic E-state index is 12.4. The molecule has 4 heteroatoms. The number of hydrogen-bond donors (Lipinski definition) is 0. The fraction of sp³-hybridized carbons (Fsp3) is 0.941. The molecule has 2 aliphatic carbocycles. The molecule has 4 nitrogen and oxygen atoms in total. The number of likely N-dealkylation sites (N-methyl/N-ethyl adjacent to an activating group) is 1. The van der Waals surface area contributed by atoms with E-state index in [9.17, 15) is 4.79 Å². The molecule has 0 amide bonds. The van der Waals surface area contributed by atoms with Gasteiger partial charge in [-0.15, -0.1) is 0 Å². The molecular weight excluding hydrogens is 266 g/mol. The van der Waals surface area contributed by atoms with E-state index < -0.39 is 0 Å². The SMILES string of the molecule is CC1(C)[C@H]2CC[C@]1(C)[C@H](OC(=O)C[N+]1(C)CCOCC1)C2. The molecule has 0 spiro atoms. The van der Waals surface area contributed by atoms with Crippen molar-refractivity contribution in [3.8, 4) is 0 Å². The number of morpholine rings is 1. The number of ether oxygens (including phenoxy) is 2. The summed E-state index contributed by atoms with van der Waals surface area (Å²) in [6, 6.07) is 0. The van der Waals surface area contributed by atoms with Crippen LogP contribution in [0.1, 0.15) is 40.0 Å². The first-order valence-corrected chi connectivity index (χ1v) is 8.38. The molecule has 3 fully saturated rings. The molecule has 0 aromatic rings. The first kappa shape index (κ1) is 15.3. The summed E-state index contributed by atoms with van der Waals surface area (Å²) in [7, 11) is 2.14. The summed E-state index contributed by atoms with van der Waals surface area (Å²) in [6.07, 6.45) is 3.67. The van der Waals surface area contributed by atoms with E-state index in [1.165, 1.54) is 12.8 Å². The lowest BCUT2D eigenvalue weighted by atomic mass is 9.70. The molecule has 3 aliphatic rings. The average molecular weight is 296 g/mol. The van der Waals surface area contributed by atoms with Crippen molar-refractivity contribution >= 4 is 5.97 Å². The van der Waals surface area contributed by atoms with Gasteiger partial charge in [0, 0.05) is 5.41 Å². The quantitative estimate of drug-likeness (QED) is 0.592. The summed E-state index contributed by atoms with van der Waals surface area (Å²) >= 11 is 0. The highest BCUT2D eigenvalue weighted by molar-refractivity contribution is 5.71. The number of carbonyl (C=O) groups is 1. The van der Waals surface area contributed by atoms with Crippen LogP contribution in [0, 0.1) is 16.7 Å². The Morgan fingerprint density at radius 3 is 2.48 bits per heavy atom. The van der Waals surface area contributed by atoms with Crippen LogP contribution in [0.25, 0.3) is 0 Å². The lowest BCUT2D eigenvalue weighted by molar-refractivity contribution is -0.910. The van der Waals surface area contributed by atoms with Crippen LogP contribution in [0.4, 0.5) is 0 Å². The van der Waals surface area contributed by atoms with Gasteiger partial charge >= 0.3 is 5.97 Å². The predicted molar refractivity (Wildman–Crippen MR) is 80.7 cm³/mol. The highest BCUT2D eigenvalue weighted by Gasteiger charge is 2.63. The molecule has 0 aromatic heterocycles. The van der Waals surface area contributed by atoms with Crippen molar-refractivity contribution in [2.24, 2.45) is 16.7 Å². The highest BCUT2D eigenvalue weighted by Crippen LogP contribution is 2.66. The minimum Gasteiger partial charge on any atom is -0.458 e. The normalized spacial score (nSPS) is 40.2.